The maximum absolute atomic E-state index is 5.89. The summed E-state index contributed by atoms with van der Waals surface area (Å²) in [4.78, 5) is 13.4. The summed E-state index contributed by atoms with van der Waals surface area (Å²) in [7, 11) is 1.97. The number of aromatic nitrogens is 4. The highest BCUT2D eigenvalue weighted by molar-refractivity contribution is 5.79. The van der Waals surface area contributed by atoms with Crippen molar-refractivity contribution in [1.82, 2.24) is 19.5 Å². The van der Waals surface area contributed by atoms with Gasteiger partial charge in [-0.05, 0) is 30.5 Å². The average molecular weight is 296 g/mol. The van der Waals surface area contributed by atoms with E-state index in [2.05, 4.69) is 23.8 Å². The van der Waals surface area contributed by atoms with Gasteiger partial charge in [-0.15, -0.1) is 0 Å². The van der Waals surface area contributed by atoms with E-state index >= 15 is 0 Å². The summed E-state index contributed by atoms with van der Waals surface area (Å²) in [6, 6.07) is 3.98. The highest BCUT2D eigenvalue weighted by Gasteiger charge is 2.15. The molecule has 3 aromatic rings. The number of ether oxygens (including phenoxy) is 1. The van der Waals surface area contributed by atoms with Crippen molar-refractivity contribution >= 4 is 11.2 Å². The lowest BCUT2D eigenvalue weighted by atomic mass is 10.2. The maximum atomic E-state index is 5.89. The van der Waals surface area contributed by atoms with Gasteiger partial charge in [-0.2, -0.15) is 0 Å². The van der Waals surface area contributed by atoms with Gasteiger partial charge in [0.2, 0.25) is 0 Å². The molecule has 0 aromatic carbocycles. The zero-order valence-corrected chi connectivity index (χ0v) is 13.4. The van der Waals surface area contributed by atoms with Gasteiger partial charge < -0.3 is 9.30 Å². The van der Waals surface area contributed by atoms with Gasteiger partial charge in [-0.1, -0.05) is 13.8 Å². The first-order chi connectivity index (χ1) is 10.6. The smallest absolute Gasteiger partial charge is 0.160 e. The van der Waals surface area contributed by atoms with Crippen molar-refractivity contribution < 1.29 is 4.74 Å². The van der Waals surface area contributed by atoms with Crippen LogP contribution in [-0.2, 0) is 7.05 Å². The lowest BCUT2D eigenvalue weighted by Gasteiger charge is -2.12. The van der Waals surface area contributed by atoms with E-state index in [0.29, 0.717) is 12.5 Å². The van der Waals surface area contributed by atoms with E-state index in [4.69, 9.17) is 9.72 Å². The summed E-state index contributed by atoms with van der Waals surface area (Å²) in [6.45, 7) is 6.92. The second-order valence-corrected chi connectivity index (χ2v) is 5.93. The number of fused-ring (bicyclic) bond motifs is 1. The van der Waals surface area contributed by atoms with E-state index in [0.717, 1.165) is 33.9 Å². The SMILES string of the molecule is Cc1cnc2c(c1)nc(-c1ccncc1OCC(C)C)n2C. The molecule has 0 N–H and O–H groups in total. The van der Waals surface area contributed by atoms with Gasteiger partial charge in [-0.3, -0.25) is 4.98 Å². The Kier molecular flexibility index (Phi) is 3.79. The Morgan fingerprint density at radius 1 is 1.27 bits per heavy atom. The van der Waals surface area contributed by atoms with Crippen molar-refractivity contribution in [3.05, 3.63) is 36.3 Å². The van der Waals surface area contributed by atoms with Gasteiger partial charge in [0.1, 0.15) is 17.1 Å². The van der Waals surface area contributed by atoms with E-state index < -0.39 is 0 Å². The third-order valence-corrected chi connectivity index (χ3v) is 3.44. The van der Waals surface area contributed by atoms with Crippen molar-refractivity contribution in [2.75, 3.05) is 6.61 Å². The monoisotopic (exact) mass is 296 g/mol. The number of rotatable bonds is 4. The molecule has 3 heterocycles. The zero-order valence-electron chi connectivity index (χ0n) is 13.4. The van der Waals surface area contributed by atoms with Crippen LogP contribution in [0, 0.1) is 12.8 Å². The van der Waals surface area contributed by atoms with Gasteiger partial charge >= 0.3 is 0 Å². The molecule has 114 valence electrons. The lowest BCUT2D eigenvalue weighted by molar-refractivity contribution is 0.271. The lowest BCUT2D eigenvalue weighted by Crippen LogP contribution is -2.06. The number of hydrogen-bond acceptors (Lipinski definition) is 4. The van der Waals surface area contributed by atoms with Gasteiger partial charge in [-0.25, -0.2) is 9.97 Å². The highest BCUT2D eigenvalue weighted by atomic mass is 16.5. The van der Waals surface area contributed by atoms with Gasteiger partial charge in [0, 0.05) is 19.4 Å². The molecule has 5 heteroatoms. The van der Waals surface area contributed by atoms with Crippen LogP contribution in [0.25, 0.3) is 22.6 Å². The molecule has 0 aliphatic rings. The number of imidazole rings is 1. The standard InChI is InChI=1S/C17H20N4O/c1-11(2)10-22-15-9-18-6-5-13(15)16-20-14-7-12(3)8-19-17(14)21(16)4/h5-9,11H,10H2,1-4H3. The molecule has 0 spiro atoms. The summed E-state index contributed by atoms with van der Waals surface area (Å²) in [6.07, 6.45) is 5.36. The second kappa shape index (κ2) is 5.75. The van der Waals surface area contributed by atoms with E-state index in [1.807, 2.05) is 36.9 Å². The van der Waals surface area contributed by atoms with Crippen molar-refractivity contribution in [2.24, 2.45) is 13.0 Å². The molecule has 0 bridgehead atoms. The first kappa shape index (κ1) is 14.5. The summed E-state index contributed by atoms with van der Waals surface area (Å²) < 4.78 is 7.88. The Labute approximate surface area is 130 Å². The van der Waals surface area contributed by atoms with Gasteiger partial charge in [0.15, 0.2) is 5.65 Å². The van der Waals surface area contributed by atoms with E-state index in [9.17, 15) is 0 Å². The molecule has 0 aliphatic heterocycles. The molecular formula is C17H20N4O. The van der Waals surface area contributed by atoms with Crippen LogP contribution in [0.3, 0.4) is 0 Å². The molecular weight excluding hydrogens is 276 g/mol. The van der Waals surface area contributed by atoms with Crippen molar-refractivity contribution in [1.29, 1.82) is 0 Å². The Morgan fingerprint density at radius 2 is 2.09 bits per heavy atom. The minimum atomic E-state index is 0.456. The Bertz CT molecular complexity index is 808. The Balaban J connectivity index is 2.09. The molecule has 0 atom stereocenters. The zero-order chi connectivity index (χ0) is 15.7. The third kappa shape index (κ3) is 2.66. The average Bonchev–Trinajstić information content (AvgIpc) is 2.81. The predicted octanol–water partition coefficient (Wildman–Crippen LogP) is 3.37. The summed E-state index contributed by atoms with van der Waals surface area (Å²) in [5.41, 5.74) is 3.80. The fourth-order valence-electron chi connectivity index (χ4n) is 2.35. The fraction of sp³-hybridized carbons (Fsp3) is 0.353. The van der Waals surface area contributed by atoms with Crippen molar-refractivity contribution in [2.45, 2.75) is 20.8 Å². The first-order valence-corrected chi connectivity index (χ1v) is 7.42. The van der Waals surface area contributed by atoms with Crippen LogP contribution < -0.4 is 4.74 Å². The normalized spacial score (nSPS) is 11.3. The van der Waals surface area contributed by atoms with E-state index in [-0.39, 0.29) is 0 Å². The van der Waals surface area contributed by atoms with Crippen LogP contribution in [0.2, 0.25) is 0 Å². The largest absolute Gasteiger partial charge is 0.491 e. The predicted molar refractivity (Wildman–Crippen MR) is 86.8 cm³/mol. The van der Waals surface area contributed by atoms with Crippen LogP contribution in [0.4, 0.5) is 0 Å². The molecule has 0 radical (unpaired) electrons. The van der Waals surface area contributed by atoms with Crippen LogP contribution in [0.5, 0.6) is 5.75 Å². The summed E-state index contributed by atoms with van der Waals surface area (Å²) in [5, 5.41) is 0. The molecule has 0 amide bonds. The van der Waals surface area contributed by atoms with Crippen LogP contribution in [0.1, 0.15) is 19.4 Å². The third-order valence-electron chi connectivity index (χ3n) is 3.44. The number of aryl methyl sites for hydroxylation is 2. The number of pyridine rings is 2. The molecule has 0 aliphatic carbocycles. The van der Waals surface area contributed by atoms with E-state index in [1.54, 1.807) is 12.4 Å². The molecule has 0 fully saturated rings. The minimum absolute atomic E-state index is 0.456. The summed E-state index contributed by atoms with van der Waals surface area (Å²) >= 11 is 0. The molecule has 0 unspecified atom stereocenters. The first-order valence-electron chi connectivity index (χ1n) is 7.42. The second-order valence-electron chi connectivity index (χ2n) is 5.93. The minimum Gasteiger partial charge on any atom is -0.491 e. The number of nitrogens with zero attached hydrogens (tertiary/aromatic N) is 4. The maximum Gasteiger partial charge on any atom is 0.160 e. The Morgan fingerprint density at radius 3 is 2.86 bits per heavy atom. The van der Waals surface area contributed by atoms with Crippen LogP contribution in [-0.4, -0.2) is 26.1 Å². The quantitative estimate of drug-likeness (QED) is 0.740. The number of hydrogen-bond donors (Lipinski definition) is 0. The summed E-state index contributed by atoms with van der Waals surface area (Å²) in [5.74, 6) is 2.05. The molecule has 22 heavy (non-hydrogen) atoms. The molecule has 5 nitrogen and oxygen atoms in total. The molecule has 3 rings (SSSR count). The van der Waals surface area contributed by atoms with Crippen molar-refractivity contribution in [3.63, 3.8) is 0 Å². The van der Waals surface area contributed by atoms with Crippen LogP contribution >= 0.6 is 0 Å². The molecule has 0 saturated carbocycles. The molecule has 3 aromatic heterocycles. The topological polar surface area (TPSA) is 52.8 Å². The van der Waals surface area contributed by atoms with Crippen molar-refractivity contribution in [3.8, 4) is 17.1 Å². The van der Waals surface area contributed by atoms with Gasteiger partial charge in [0.05, 0.1) is 18.4 Å². The van der Waals surface area contributed by atoms with Crippen LogP contribution in [0.15, 0.2) is 30.7 Å². The van der Waals surface area contributed by atoms with E-state index in [1.165, 1.54) is 0 Å². The Hall–Kier alpha value is -2.43. The molecule has 0 saturated heterocycles. The fourth-order valence-corrected chi connectivity index (χ4v) is 2.35. The highest BCUT2D eigenvalue weighted by Crippen LogP contribution is 2.30. The van der Waals surface area contributed by atoms with Gasteiger partial charge in [0.25, 0.3) is 0 Å².